The third-order valence-corrected chi connectivity index (χ3v) is 3.87. The molecule has 0 aliphatic heterocycles. The summed E-state index contributed by atoms with van der Waals surface area (Å²) in [6, 6.07) is 7.49. The molecule has 5 nitrogen and oxygen atoms in total. The molecule has 0 saturated heterocycles. The highest BCUT2D eigenvalue weighted by molar-refractivity contribution is 5.77. The molecule has 108 valence electrons. The van der Waals surface area contributed by atoms with Crippen LogP contribution in [-0.4, -0.2) is 29.3 Å². The van der Waals surface area contributed by atoms with E-state index in [9.17, 15) is 14.7 Å². The van der Waals surface area contributed by atoms with E-state index >= 15 is 0 Å². The monoisotopic (exact) mass is 278 g/mol. The second-order valence-electron chi connectivity index (χ2n) is 5.18. The molecule has 1 aliphatic rings. The van der Waals surface area contributed by atoms with Crippen molar-refractivity contribution in [3.63, 3.8) is 0 Å². The van der Waals surface area contributed by atoms with E-state index in [1.54, 1.807) is 7.11 Å². The van der Waals surface area contributed by atoms with Crippen LogP contribution in [0, 0.1) is 17.8 Å². The minimum absolute atomic E-state index is 0.226. The maximum absolute atomic E-state index is 11.3. The van der Waals surface area contributed by atoms with Crippen LogP contribution >= 0.6 is 0 Å². The number of carboxylic acid groups (broad SMARTS) is 2. The summed E-state index contributed by atoms with van der Waals surface area (Å²) in [5, 5.41) is 18.1. The summed E-state index contributed by atoms with van der Waals surface area (Å²) in [6.45, 7) is 0. The normalized spacial score (nSPS) is 22.1. The van der Waals surface area contributed by atoms with Crippen molar-refractivity contribution in [2.24, 2.45) is 17.8 Å². The molecule has 0 aromatic heterocycles. The van der Waals surface area contributed by atoms with Gasteiger partial charge >= 0.3 is 11.9 Å². The summed E-state index contributed by atoms with van der Waals surface area (Å²) in [5.41, 5.74) is 1.00. The first-order valence-electron chi connectivity index (χ1n) is 6.61. The van der Waals surface area contributed by atoms with Crippen LogP contribution in [0.4, 0.5) is 0 Å². The predicted molar refractivity (Wildman–Crippen MR) is 71.7 cm³/mol. The molecule has 1 fully saturated rings. The molecule has 2 rings (SSSR count). The molecule has 1 aliphatic carbocycles. The molecule has 2 N–H and O–H groups in total. The van der Waals surface area contributed by atoms with Crippen LogP contribution in [0.15, 0.2) is 24.3 Å². The van der Waals surface area contributed by atoms with Crippen molar-refractivity contribution in [1.29, 1.82) is 0 Å². The van der Waals surface area contributed by atoms with Crippen molar-refractivity contribution >= 4 is 11.9 Å². The zero-order chi connectivity index (χ0) is 14.7. The second-order valence-corrected chi connectivity index (χ2v) is 5.18. The van der Waals surface area contributed by atoms with Crippen LogP contribution in [0.2, 0.25) is 0 Å². The number of carbonyl (C=O) groups is 2. The largest absolute Gasteiger partial charge is 0.497 e. The fraction of sp³-hybridized carbons (Fsp3) is 0.467. The minimum atomic E-state index is -0.901. The van der Waals surface area contributed by atoms with Gasteiger partial charge in [0.1, 0.15) is 5.75 Å². The van der Waals surface area contributed by atoms with E-state index in [0.717, 1.165) is 11.3 Å². The van der Waals surface area contributed by atoms with Gasteiger partial charge in [0.15, 0.2) is 0 Å². The van der Waals surface area contributed by atoms with E-state index in [-0.39, 0.29) is 5.92 Å². The van der Waals surface area contributed by atoms with E-state index in [1.807, 2.05) is 24.3 Å². The summed E-state index contributed by atoms with van der Waals surface area (Å²) in [4.78, 5) is 22.1. The van der Waals surface area contributed by atoms with E-state index in [4.69, 9.17) is 9.84 Å². The lowest BCUT2D eigenvalue weighted by Crippen LogP contribution is -2.19. The average Bonchev–Trinajstić information content (AvgIpc) is 3.19. The van der Waals surface area contributed by atoms with E-state index in [0.29, 0.717) is 19.3 Å². The van der Waals surface area contributed by atoms with Gasteiger partial charge in [0.25, 0.3) is 0 Å². The van der Waals surface area contributed by atoms with Gasteiger partial charge in [-0.25, -0.2) is 0 Å². The molecule has 5 heteroatoms. The van der Waals surface area contributed by atoms with Gasteiger partial charge < -0.3 is 14.9 Å². The number of hydrogen-bond acceptors (Lipinski definition) is 3. The SMILES string of the molecule is COc1cccc(CCC(C(=O)O)C2CC2C(=O)O)c1. The highest BCUT2D eigenvalue weighted by Gasteiger charge is 2.50. The fourth-order valence-electron chi connectivity index (χ4n) is 2.61. The van der Waals surface area contributed by atoms with Gasteiger partial charge in [-0.2, -0.15) is 0 Å². The number of hydrogen-bond donors (Lipinski definition) is 2. The Balaban J connectivity index is 1.96. The number of ether oxygens (including phenoxy) is 1. The van der Waals surface area contributed by atoms with Crippen molar-refractivity contribution in [2.75, 3.05) is 7.11 Å². The Bertz CT molecular complexity index is 511. The Morgan fingerprint density at radius 3 is 2.70 bits per heavy atom. The molecule has 0 bridgehead atoms. The number of methoxy groups -OCH3 is 1. The Hall–Kier alpha value is -2.04. The molecule has 1 aromatic rings. The van der Waals surface area contributed by atoms with E-state index < -0.39 is 23.8 Å². The van der Waals surface area contributed by atoms with Gasteiger partial charge in [0, 0.05) is 0 Å². The van der Waals surface area contributed by atoms with Crippen LogP contribution in [0.25, 0.3) is 0 Å². The molecule has 0 spiro atoms. The fourth-order valence-corrected chi connectivity index (χ4v) is 2.61. The molecule has 0 heterocycles. The number of aryl methyl sites for hydroxylation is 1. The lowest BCUT2D eigenvalue weighted by atomic mass is 9.94. The molecule has 1 aromatic carbocycles. The van der Waals surface area contributed by atoms with Crippen LogP contribution in [-0.2, 0) is 16.0 Å². The van der Waals surface area contributed by atoms with Crippen molar-refractivity contribution in [3.8, 4) is 5.75 Å². The maximum Gasteiger partial charge on any atom is 0.306 e. The van der Waals surface area contributed by atoms with Gasteiger partial charge in [0.05, 0.1) is 18.9 Å². The summed E-state index contributed by atoms with van der Waals surface area (Å²) in [5.74, 6) is -2.34. The number of benzene rings is 1. The van der Waals surface area contributed by atoms with Crippen LogP contribution in [0.1, 0.15) is 18.4 Å². The number of rotatable bonds is 7. The summed E-state index contributed by atoms with van der Waals surface area (Å²) < 4.78 is 5.12. The molecular weight excluding hydrogens is 260 g/mol. The predicted octanol–water partition coefficient (Wildman–Crippen LogP) is 2.05. The Morgan fingerprint density at radius 2 is 2.15 bits per heavy atom. The van der Waals surface area contributed by atoms with Crippen LogP contribution in [0.3, 0.4) is 0 Å². The minimum Gasteiger partial charge on any atom is -0.497 e. The van der Waals surface area contributed by atoms with Gasteiger partial charge in [-0.1, -0.05) is 12.1 Å². The zero-order valence-electron chi connectivity index (χ0n) is 11.3. The standard InChI is InChI=1S/C15H18O5/c1-20-10-4-2-3-9(7-10)5-6-11(14(16)17)12-8-13(12)15(18)19/h2-4,7,11-13H,5-6,8H2,1H3,(H,16,17)(H,18,19). The third kappa shape index (κ3) is 3.29. The molecule has 20 heavy (non-hydrogen) atoms. The van der Waals surface area contributed by atoms with Gasteiger partial charge in [-0.15, -0.1) is 0 Å². The molecule has 3 atom stereocenters. The second kappa shape index (κ2) is 5.94. The topological polar surface area (TPSA) is 83.8 Å². The first-order chi connectivity index (χ1) is 9.52. The van der Waals surface area contributed by atoms with Gasteiger partial charge in [-0.05, 0) is 42.9 Å². The smallest absolute Gasteiger partial charge is 0.306 e. The first-order valence-corrected chi connectivity index (χ1v) is 6.61. The molecule has 0 amide bonds. The van der Waals surface area contributed by atoms with Crippen molar-refractivity contribution in [3.05, 3.63) is 29.8 Å². The highest BCUT2D eigenvalue weighted by atomic mass is 16.5. The lowest BCUT2D eigenvalue weighted by molar-refractivity contribution is -0.143. The molecular formula is C15H18O5. The zero-order valence-corrected chi connectivity index (χ0v) is 11.3. The van der Waals surface area contributed by atoms with E-state index in [2.05, 4.69) is 0 Å². The number of carboxylic acids is 2. The summed E-state index contributed by atoms with van der Waals surface area (Å²) in [6.07, 6.45) is 1.54. The van der Waals surface area contributed by atoms with Crippen molar-refractivity contribution in [2.45, 2.75) is 19.3 Å². The Kier molecular flexibility index (Phi) is 4.27. The Labute approximate surface area is 117 Å². The Morgan fingerprint density at radius 1 is 1.40 bits per heavy atom. The quantitative estimate of drug-likeness (QED) is 0.797. The molecule has 1 saturated carbocycles. The number of aliphatic carboxylic acids is 2. The van der Waals surface area contributed by atoms with Gasteiger partial charge in [0.2, 0.25) is 0 Å². The average molecular weight is 278 g/mol. The van der Waals surface area contributed by atoms with Crippen LogP contribution in [0.5, 0.6) is 5.75 Å². The highest BCUT2D eigenvalue weighted by Crippen LogP contribution is 2.46. The summed E-state index contributed by atoms with van der Waals surface area (Å²) in [7, 11) is 1.58. The van der Waals surface area contributed by atoms with E-state index in [1.165, 1.54) is 0 Å². The maximum atomic E-state index is 11.3. The first kappa shape index (κ1) is 14.4. The van der Waals surface area contributed by atoms with Crippen molar-refractivity contribution in [1.82, 2.24) is 0 Å². The van der Waals surface area contributed by atoms with Crippen molar-refractivity contribution < 1.29 is 24.5 Å². The lowest BCUT2D eigenvalue weighted by Gasteiger charge is -2.12. The molecule has 3 unspecified atom stereocenters. The van der Waals surface area contributed by atoms with Crippen LogP contribution < -0.4 is 4.74 Å². The van der Waals surface area contributed by atoms with Gasteiger partial charge in [-0.3, -0.25) is 9.59 Å². The molecule has 0 radical (unpaired) electrons. The summed E-state index contributed by atoms with van der Waals surface area (Å²) >= 11 is 0. The third-order valence-electron chi connectivity index (χ3n) is 3.87.